The maximum Gasteiger partial charge on any atom is 0.219 e. The molecule has 0 saturated heterocycles. The van der Waals surface area contributed by atoms with Crippen molar-refractivity contribution < 1.29 is 23.8 Å². The van der Waals surface area contributed by atoms with E-state index in [4.69, 9.17) is 25.8 Å². The van der Waals surface area contributed by atoms with Gasteiger partial charge in [-0.3, -0.25) is 4.79 Å². The van der Waals surface area contributed by atoms with E-state index in [1.54, 1.807) is 36.4 Å². The van der Waals surface area contributed by atoms with E-state index in [2.05, 4.69) is 0 Å². The molecule has 35 heavy (non-hydrogen) atoms. The average Bonchev–Trinajstić information content (AvgIpc) is 3.18. The van der Waals surface area contributed by atoms with Crippen LogP contribution in [0.15, 0.2) is 66.7 Å². The van der Waals surface area contributed by atoms with Crippen LogP contribution in [-0.2, 0) is 10.4 Å². The number of carbonyl (C=O) groups is 2. The molecule has 0 unspecified atom stereocenters. The third-order valence-corrected chi connectivity index (χ3v) is 6.36. The summed E-state index contributed by atoms with van der Waals surface area (Å²) < 4.78 is 18.5. The van der Waals surface area contributed by atoms with Crippen molar-refractivity contribution in [1.82, 2.24) is 0 Å². The fourth-order valence-electron chi connectivity index (χ4n) is 4.54. The van der Waals surface area contributed by atoms with Crippen LogP contribution in [-0.4, -0.2) is 25.3 Å². The highest BCUT2D eigenvalue weighted by molar-refractivity contribution is 6.30. The van der Waals surface area contributed by atoms with Crippen molar-refractivity contribution >= 4 is 23.7 Å². The van der Waals surface area contributed by atoms with Gasteiger partial charge < -0.3 is 19.0 Å². The topological polar surface area (TPSA) is 61.8 Å². The minimum atomic E-state index is -1.47. The Morgan fingerprint density at radius 1 is 0.971 bits per heavy atom. The molecular formula is C29H29ClO5. The molecule has 1 aliphatic rings. The van der Waals surface area contributed by atoms with Gasteiger partial charge in [-0.05, 0) is 30.5 Å². The van der Waals surface area contributed by atoms with E-state index in [0.29, 0.717) is 46.6 Å². The van der Waals surface area contributed by atoms with Crippen molar-refractivity contribution in [2.75, 3.05) is 13.2 Å². The van der Waals surface area contributed by atoms with Crippen LogP contribution in [0.4, 0.5) is 0 Å². The van der Waals surface area contributed by atoms with Crippen LogP contribution in [0.25, 0.3) is 0 Å². The first-order valence-corrected chi connectivity index (χ1v) is 12.3. The third-order valence-electron chi connectivity index (χ3n) is 6.11. The van der Waals surface area contributed by atoms with Gasteiger partial charge in [0, 0.05) is 35.1 Å². The van der Waals surface area contributed by atoms with Crippen LogP contribution in [0.5, 0.6) is 17.2 Å². The molecule has 5 nitrogen and oxygen atoms in total. The molecule has 0 N–H and O–H groups in total. The molecule has 0 saturated carbocycles. The fraction of sp³-hybridized carbons (Fsp3) is 0.310. The number of benzene rings is 3. The van der Waals surface area contributed by atoms with Crippen LogP contribution >= 0.6 is 11.6 Å². The average molecular weight is 493 g/mol. The van der Waals surface area contributed by atoms with Crippen molar-refractivity contribution in [3.05, 3.63) is 88.4 Å². The molecule has 1 aliphatic heterocycles. The maximum absolute atomic E-state index is 14.4. The summed E-state index contributed by atoms with van der Waals surface area (Å²) in [5.74, 6) is 0.564. The summed E-state index contributed by atoms with van der Waals surface area (Å²) in [6.45, 7) is 5.00. The van der Waals surface area contributed by atoms with E-state index < -0.39 is 11.5 Å². The highest BCUT2D eigenvalue weighted by Crippen LogP contribution is 2.54. The second-order valence-corrected chi connectivity index (χ2v) is 8.97. The Labute approximate surface area is 211 Å². The Hall–Kier alpha value is -3.31. The molecular weight excluding hydrogens is 464 g/mol. The van der Waals surface area contributed by atoms with E-state index >= 15 is 0 Å². The molecule has 1 heterocycles. The lowest BCUT2D eigenvalue weighted by atomic mass is 9.72. The Morgan fingerprint density at radius 2 is 1.66 bits per heavy atom. The minimum Gasteiger partial charge on any atom is -0.493 e. The summed E-state index contributed by atoms with van der Waals surface area (Å²) in [6.07, 6.45) is 2.55. The van der Waals surface area contributed by atoms with Gasteiger partial charge in [0.05, 0.1) is 13.2 Å². The fourth-order valence-corrected chi connectivity index (χ4v) is 4.67. The van der Waals surface area contributed by atoms with Gasteiger partial charge in [0.15, 0.2) is 0 Å². The summed E-state index contributed by atoms with van der Waals surface area (Å²) in [4.78, 5) is 26.3. The number of aldehydes is 1. The molecule has 0 spiro atoms. The molecule has 6 heteroatoms. The summed E-state index contributed by atoms with van der Waals surface area (Å²) >= 11 is 6.18. The molecule has 2 atom stereocenters. The van der Waals surface area contributed by atoms with Gasteiger partial charge in [0.2, 0.25) is 11.4 Å². The molecule has 0 aliphatic carbocycles. The van der Waals surface area contributed by atoms with E-state index in [0.717, 1.165) is 24.7 Å². The number of rotatable bonds is 11. The predicted molar refractivity (Wildman–Crippen MR) is 136 cm³/mol. The number of hydrogen-bond acceptors (Lipinski definition) is 5. The van der Waals surface area contributed by atoms with E-state index in [9.17, 15) is 9.59 Å². The van der Waals surface area contributed by atoms with Gasteiger partial charge >= 0.3 is 0 Å². The molecule has 0 aromatic heterocycles. The first-order valence-electron chi connectivity index (χ1n) is 12.0. The Balaban J connectivity index is 1.93. The largest absolute Gasteiger partial charge is 0.493 e. The quantitative estimate of drug-likeness (QED) is 0.277. The van der Waals surface area contributed by atoms with Crippen molar-refractivity contribution in [1.29, 1.82) is 0 Å². The monoisotopic (exact) mass is 492 g/mol. The van der Waals surface area contributed by atoms with Gasteiger partial charge in [-0.2, -0.15) is 0 Å². The van der Waals surface area contributed by atoms with E-state index in [-0.39, 0.29) is 12.2 Å². The number of ketones is 1. The lowest BCUT2D eigenvalue weighted by Gasteiger charge is -2.35. The zero-order valence-electron chi connectivity index (χ0n) is 20.0. The molecule has 3 aromatic rings. The zero-order chi connectivity index (χ0) is 24.8. The molecule has 0 amide bonds. The minimum absolute atomic E-state index is 0.0940. The van der Waals surface area contributed by atoms with Crippen LogP contribution in [0.3, 0.4) is 0 Å². The summed E-state index contributed by atoms with van der Waals surface area (Å²) in [6, 6.07) is 20.0. The molecule has 3 aromatic carbocycles. The maximum atomic E-state index is 14.4. The van der Waals surface area contributed by atoms with Gasteiger partial charge in [-0.15, -0.1) is 0 Å². The summed E-state index contributed by atoms with van der Waals surface area (Å²) in [5.41, 5.74) is 0.345. The smallest absolute Gasteiger partial charge is 0.219 e. The highest BCUT2D eigenvalue weighted by atomic mass is 35.5. The second kappa shape index (κ2) is 11.0. The molecule has 0 bridgehead atoms. The number of fused-ring (bicyclic) bond motifs is 1. The summed E-state index contributed by atoms with van der Waals surface area (Å²) in [5, 5.41) is 0.542. The Bertz CT molecular complexity index is 1180. The normalized spacial score (nSPS) is 17.4. The summed E-state index contributed by atoms with van der Waals surface area (Å²) in [7, 11) is 0. The molecule has 0 radical (unpaired) electrons. The SMILES string of the molecule is CCCOc1cc(OCCC)c2c(c1)O[C@@](c1ccc(Cl)cc1)([C@@H](CC=O)c1ccccc1)C2=O. The number of ether oxygens (including phenoxy) is 3. The van der Waals surface area contributed by atoms with Gasteiger partial charge in [0.1, 0.15) is 29.1 Å². The Kier molecular flexibility index (Phi) is 7.76. The molecule has 4 rings (SSSR count). The van der Waals surface area contributed by atoms with E-state index in [1.165, 1.54) is 0 Å². The predicted octanol–water partition coefficient (Wildman–Crippen LogP) is 6.76. The van der Waals surface area contributed by atoms with Gasteiger partial charge in [-0.1, -0.05) is 67.9 Å². The van der Waals surface area contributed by atoms with Crippen LogP contribution in [0.1, 0.15) is 60.5 Å². The standard InChI is InChI=1S/C29H29ClO5/c1-3-16-33-23-18-25(34-17-4-2)27-26(19-23)35-29(28(27)32,21-10-12-22(30)13-11-21)24(14-15-31)20-8-6-5-7-9-20/h5-13,15,18-19,24H,3-4,14,16-17H2,1-2H3/t24-,29-/m0/s1. The number of carbonyl (C=O) groups excluding carboxylic acids is 2. The van der Waals surface area contributed by atoms with Crippen LogP contribution in [0, 0.1) is 0 Å². The van der Waals surface area contributed by atoms with E-state index in [1.807, 2.05) is 44.2 Å². The first kappa shape index (κ1) is 24.8. The van der Waals surface area contributed by atoms with Crippen molar-refractivity contribution in [2.45, 2.75) is 44.6 Å². The second-order valence-electron chi connectivity index (χ2n) is 8.53. The van der Waals surface area contributed by atoms with Crippen molar-refractivity contribution in [3.8, 4) is 17.2 Å². The van der Waals surface area contributed by atoms with Crippen molar-refractivity contribution in [3.63, 3.8) is 0 Å². The van der Waals surface area contributed by atoms with Gasteiger partial charge in [-0.25, -0.2) is 0 Å². The van der Waals surface area contributed by atoms with Crippen LogP contribution in [0.2, 0.25) is 5.02 Å². The molecule has 0 fully saturated rings. The lowest BCUT2D eigenvalue weighted by Crippen LogP contribution is -2.43. The number of halogens is 1. The van der Waals surface area contributed by atoms with Crippen LogP contribution < -0.4 is 14.2 Å². The number of Topliss-reactive ketones (excluding diaryl/α,β-unsaturated/α-hetero) is 1. The molecule has 182 valence electrons. The number of hydrogen-bond donors (Lipinski definition) is 0. The van der Waals surface area contributed by atoms with Crippen molar-refractivity contribution in [2.24, 2.45) is 0 Å². The third kappa shape index (κ3) is 4.78. The first-order chi connectivity index (χ1) is 17.0. The lowest BCUT2D eigenvalue weighted by molar-refractivity contribution is -0.109. The van der Waals surface area contributed by atoms with Gasteiger partial charge in [0.25, 0.3) is 0 Å². The highest BCUT2D eigenvalue weighted by Gasteiger charge is 2.56. The zero-order valence-corrected chi connectivity index (χ0v) is 20.7. The Morgan fingerprint density at radius 3 is 2.31 bits per heavy atom.